The maximum atomic E-state index is 12.1. The van der Waals surface area contributed by atoms with Gasteiger partial charge in [-0.1, -0.05) is 24.3 Å². The van der Waals surface area contributed by atoms with E-state index in [0.29, 0.717) is 11.1 Å². The van der Waals surface area contributed by atoms with Gasteiger partial charge < -0.3 is 10.8 Å². The summed E-state index contributed by atoms with van der Waals surface area (Å²) >= 11 is 0. The van der Waals surface area contributed by atoms with Crippen molar-refractivity contribution in [3.63, 3.8) is 0 Å². The Kier molecular flexibility index (Phi) is 3.59. The van der Waals surface area contributed by atoms with E-state index in [2.05, 4.69) is 0 Å². The molecular weight excluding hydrogens is 185 g/mol. The molecular formula is C10H12FNO2. The van der Waals surface area contributed by atoms with E-state index in [-0.39, 0.29) is 6.42 Å². The molecule has 1 aromatic carbocycles. The molecule has 0 aliphatic carbocycles. The van der Waals surface area contributed by atoms with E-state index < -0.39 is 18.7 Å². The first-order valence-electron chi connectivity index (χ1n) is 4.25. The summed E-state index contributed by atoms with van der Waals surface area (Å²) in [5, 5.41) is 8.51. The predicted octanol–water partition coefficient (Wildman–Crippen LogP) is 1.63. The number of hydrogen-bond donors (Lipinski definition) is 2. The van der Waals surface area contributed by atoms with Crippen molar-refractivity contribution < 1.29 is 14.3 Å². The molecule has 1 aromatic rings. The monoisotopic (exact) mass is 197 g/mol. The van der Waals surface area contributed by atoms with Gasteiger partial charge in [-0.3, -0.25) is 4.79 Å². The first-order valence-corrected chi connectivity index (χ1v) is 4.25. The van der Waals surface area contributed by atoms with Gasteiger partial charge in [-0.05, 0) is 11.1 Å². The molecule has 0 aliphatic heterocycles. The van der Waals surface area contributed by atoms with Crippen molar-refractivity contribution in [3.8, 4) is 0 Å². The van der Waals surface area contributed by atoms with Crippen LogP contribution in [0.15, 0.2) is 24.3 Å². The molecule has 0 heterocycles. The van der Waals surface area contributed by atoms with Crippen LogP contribution in [-0.2, 0) is 11.5 Å². The van der Waals surface area contributed by atoms with E-state index in [1.54, 1.807) is 24.3 Å². The number of hydrogen-bond acceptors (Lipinski definition) is 2. The zero-order valence-electron chi connectivity index (χ0n) is 7.61. The summed E-state index contributed by atoms with van der Waals surface area (Å²) in [5.74, 6) is -0.938. The zero-order chi connectivity index (χ0) is 10.6. The van der Waals surface area contributed by atoms with Crippen molar-refractivity contribution in [2.24, 2.45) is 5.73 Å². The Bertz CT molecular complexity index is 310. The number of nitrogens with two attached hydrogens (primary N) is 1. The summed E-state index contributed by atoms with van der Waals surface area (Å²) in [4.78, 5) is 10.4. The lowest BCUT2D eigenvalue weighted by atomic mass is 10.0. The summed E-state index contributed by atoms with van der Waals surface area (Å²) < 4.78 is 12.1. The summed E-state index contributed by atoms with van der Waals surface area (Å²) in [7, 11) is 0. The van der Waals surface area contributed by atoms with Gasteiger partial charge >= 0.3 is 5.97 Å². The minimum absolute atomic E-state index is 0.116. The molecule has 76 valence electrons. The number of rotatable bonds is 4. The van der Waals surface area contributed by atoms with Crippen molar-refractivity contribution in [2.75, 3.05) is 0 Å². The van der Waals surface area contributed by atoms with E-state index in [0.717, 1.165) is 0 Å². The molecule has 0 spiro atoms. The number of carboxylic acids is 1. The van der Waals surface area contributed by atoms with E-state index in [9.17, 15) is 9.18 Å². The molecule has 0 aromatic heterocycles. The van der Waals surface area contributed by atoms with Crippen molar-refractivity contribution in [2.45, 2.75) is 19.1 Å². The fourth-order valence-electron chi connectivity index (χ4n) is 1.16. The Morgan fingerprint density at radius 1 is 1.43 bits per heavy atom. The normalized spacial score (nSPS) is 12.4. The number of alkyl halides is 1. The van der Waals surface area contributed by atoms with E-state index >= 15 is 0 Å². The standard InChI is InChI=1S/C10H12FNO2/c11-6-7-1-3-8(4-2-7)9(12)5-10(13)14/h1-4,9H,5-6,12H2,(H,13,14). The highest BCUT2D eigenvalue weighted by molar-refractivity contribution is 5.67. The minimum Gasteiger partial charge on any atom is -0.481 e. The molecule has 4 heteroatoms. The fourth-order valence-corrected chi connectivity index (χ4v) is 1.16. The first kappa shape index (κ1) is 10.7. The Hall–Kier alpha value is -1.42. The van der Waals surface area contributed by atoms with Gasteiger partial charge in [0.05, 0.1) is 6.42 Å². The van der Waals surface area contributed by atoms with Gasteiger partial charge in [0, 0.05) is 6.04 Å². The molecule has 0 saturated heterocycles. The van der Waals surface area contributed by atoms with Crippen LogP contribution < -0.4 is 5.73 Å². The smallest absolute Gasteiger partial charge is 0.305 e. The Morgan fingerprint density at radius 3 is 2.43 bits per heavy atom. The largest absolute Gasteiger partial charge is 0.481 e. The van der Waals surface area contributed by atoms with E-state index in [1.807, 2.05) is 0 Å². The van der Waals surface area contributed by atoms with Crippen LogP contribution in [0.1, 0.15) is 23.6 Å². The maximum Gasteiger partial charge on any atom is 0.305 e. The van der Waals surface area contributed by atoms with Gasteiger partial charge in [-0.25, -0.2) is 4.39 Å². The van der Waals surface area contributed by atoms with Crippen molar-refractivity contribution in [1.29, 1.82) is 0 Å². The molecule has 3 N–H and O–H groups in total. The number of carboxylic acid groups (broad SMARTS) is 1. The zero-order valence-corrected chi connectivity index (χ0v) is 7.61. The third-order valence-electron chi connectivity index (χ3n) is 1.96. The van der Waals surface area contributed by atoms with Crippen molar-refractivity contribution >= 4 is 5.97 Å². The maximum absolute atomic E-state index is 12.1. The lowest BCUT2D eigenvalue weighted by Crippen LogP contribution is -2.14. The van der Waals surface area contributed by atoms with Gasteiger partial charge in [0.1, 0.15) is 6.67 Å². The summed E-state index contributed by atoms with van der Waals surface area (Å²) in [6.45, 7) is -0.519. The molecule has 14 heavy (non-hydrogen) atoms. The van der Waals surface area contributed by atoms with Gasteiger partial charge in [0.25, 0.3) is 0 Å². The van der Waals surface area contributed by atoms with Crippen LogP contribution in [0.4, 0.5) is 4.39 Å². The molecule has 1 unspecified atom stereocenters. The average molecular weight is 197 g/mol. The number of benzene rings is 1. The van der Waals surface area contributed by atoms with Crippen molar-refractivity contribution in [1.82, 2.24) is 0 Å². The van der Waals surface area contributed by atoms with Crippen LogP contribution >= 0.6 is 0 Å². The molecule has 0 radical (unpaired) electrons. The molecule has 1 rings (SSSR count). The van der Waals surface area contributed by atoms with Crippen molar-refractivity contribution in [3.05, 3.63) is 35.4 Å². The minimum atomic E-state index is -0.938. The van der Waals surface area contributed by atoms with E-state index in [4.69, 9.17) is 10.8 Å². The summed E-state index contributed by atoms with van der Waals surface area (Å²) in [6.07, 6.45) is -0.116. The predicted molar refractivity (Wildman–Crippen MR) is 50.4 cm³/mol. The van der Waals surface area contributed by atoms with Crippen LogP contribution in [0.2, 0.25) is 0 Å². The summed E-state index contributed by atoms with van der Waals surface area (Å²) in [6, 6.07) is 6.00. The molecule has 3 nitrogen and oxygen atoms in total. The van der Waals surface area contributed by atoms with Crippen LogP contribution in [0.25, 0.3) is 0 Å². The van der Waals surface area contributed by atoms with Crippen LogP contribution in [-0.4, -0.2) is 11.1 Å². The second kappa shape index (κ2) is 4.72. The Morgan fingerprint density at radius 2 is 2.00 bits per heavy atom. The molecule has 0 saturated carbocycles. The third-order valence-corrected chi connectivity index (χ3v) is 1.96. The number of halogens is 1. The van der Waals surface area contributed by atoms with Gasteiger partial charge in [-0.15, -0.1) is 0 Å². The third kappa shape index (κ3) is 2.81. The van der Waals surface area contributed by atoms with Crippen LogP contribution in [0.3, 0.4) is 0 Å². The molecule has 0 amide bonds. The summed E-state index contributed by atoms with van der Waals surface area (Å²) in [5.41, 5.74) is 6.89. The fraction of sp³-hybridized carbons (Fsp3) is 0.300. The molecule has 0 aliphatic rings. The SMILES string of the molecule is NC(CC(=O)O)c1ccc(CF)cc1. The van der Waals surface area contributed by atoms with Crippen LogP contribution in [0, 0.1) is 0 Å². The lowest BCUT2D eigenvalue weighted by molar-refractivity contribution is -0.137. The van der Waals surface area contributed by atoms with Crippen LogP contribution in [0.5, 0.6) is 0 Å². The average Bonchev–Trinajstić information content (AvgIpc) is 2.17. The Balaban J connectivity index is 2.71. The second-order valence-corrected chi connectivity index (χ2v) is 3.08. The highest BCUT2D eigenvalue weighted by Crippen LogP contribution is 2.15. The highest BCUT2D eigenvalue weighted by Gasteiger charge is 2.09. The Labute approximate surface area is 81.4 Å². The topological polar surface area (TPSA) is 63.3 Å². The number of aliphatic carboxylic acids is 1. The molecule has 0 bridgehead atoms. The molecule has 1 atom stereocenters. The lowest BCUT2D eigenvalue weighted by Gasteiger charge is -2.09. The first-order chi connectivity index (χ1) is 6.63. The second-order valence-electron chi connectivity index (χ2n) is 3.08. The van der Waals surface area contributed by atoms with Gasteiger partial charge in [0.15, 0.2) is 0 Å². The molecule has 0 fully saturated rings. The van der Waals surface area contributed by atoms with E-state index in [1.165, 1.54) is 0 Å². The number of carbonyl (C=O) groups is 1. The van der Waals surface area contributed by atoms with Gasteiger partial charge in [0.2, 0.25) is 0 Å². The van der Waals surface area contributed by atoms with Gasteiger partial charge in [-0.2, -0.15) is 0 Å². The highest BCUT2D eigenvalue weighted by atomic mass is 19.1. The quantitative estimate of drug-likeness (QED) is 0.771.